The van der Waals surface area contributed by atoms with Gasteiger partial charge in [0.1, 0.15) is 11.6 Å². The van der Waals surface area contributed by atoms with Crippen LogP contribution in [0.4, 0.5) is 17.6 Å². The molecule has 3 rings (SSSR count). The number of alkyl halides is 3. The van der Waals surface area contributed by atoms with Crippen molar-refractivity contribution in [1.29, 1.82) is 0 Å². The van der Waals surface area contributed by atoms with Crippen LogP contribution in [0.15, 0.2) is 42.5 Å². The van der Waals surface area contributed by atoms with Crippen LogP contribution >= 0.6 is 0 Å². The number of hydrogen-bond acceptors (Lipinski definition) is 6. The summed E-state index contributed by atoms with van der Waals surface area (Å²) in [7, 11) is -0.534. The van der Waals surface area contributed by atoms with Gasteiger partial charge in [-0.2, -0.15) is 13.2 Å². The van der Waals surface area contributed by atoms with E-state index in [0.29, 0.717) is 25.6 Å². The zero-order chi connectivity index (χ0) is 34.8. The molecule has 1 saturated heterocycles. The second-order valence-electron chi connectivity index (χ2n) is 12.8. The summed E-state index contributed by atoms with van der Waals surface area (Å²) in [4.78, 5) is 25.1. The third-order valence-electron chi connectivity index (χ3n) is 8.66. The first kappa shape index (κ1) is 39.5. The highest BCUT2D eigenvalue weighted by Gasteiger charge is 2.42. The van der Waals surface area contributed by atoms with Gasteiger partial charge >= 0.3 is 25.2 Å². The lowest BCUT2D eigenvalue weighted by Crippen LogP contribution is -2.44. The smallest absolute Gasteiger partial charge is 0.449 e. The average molecular weight is 679 g/mol. The highest BCUT2D eigenvalue weighted by molar-refractivity contribution is 6.61. The van der Waals surface area contributed by atoms with Crippen LogP contribution in [0.2, 0.25) is 0 Å². The van der Waals surface area contributed by atoms with E-state index in [2.05, 4.69) is 11.7 Å². The van der Waals surface area contributed by atoms with E-state index >= 15 is 0 Å². The number of benzene rings is 2. The Hall–Kier alpha value is -2.92. The van der Waals surface area contributed by atoms with Crippen LogP contribution in [0.1, 0.15) is 137 Å². The zero-order valence-corrected chi connectivity index (χ0v) is 28.5. The highest BCUT2D eigenvalue weighted by Crippen LogP contribution is 2.29. The normalized spacial score (nSPS) is 14.6. The summed E-state index contributed by atoms with van der Waals surface area (Å²) in [5, 5.41) is 0. The van der Waals surface area contributed by atoms with Gasteiger partial charge in [0, 0.05) is 25.2 Å². The number of halogens is 4. The molecule has 1 aliphatic heterocycles. The van der Waals surface area contributed by atoms with Gasteiger partial charge in [-0.1, -0.05) is 109 Å². The lowest BCUT2D eigenvalue weighted by Gasteiger charge is -2.27. The highest BCUT2D eigenvalue weighted by atomic mass is 19.4. The molecule has 0 N–H and O–H groups in total. The molecule has 2 aromatic rings. The Morgan fingerprint density at radius 2 is 1.35 bits per heavy atom. The minimum absolute atomic E-state index is 0.188. The zero-order valence-electron chi connectivity index (χ0n) is 28.5. The van der Waals surface area contributed by atoms with Gasteiger partial charge in [0.05, 0.1) is 11.1 Å². The van der Waals surface area contributed by atoms with E-state index in [1.807, 2.05) is 6.92 Å². The molecule has 0 aromatic heterocycles. The first-order valence-corrected chi connectivity index (χ1v) is 17.7. The SMILES string of the molecule is CCCCCCCCCCCCC1COB(c2ccc(C(=O)Oc3ccc(C(=O)OC(CCCCCC)C(F)(F)F)c(F)c3)cc2)OC1. The van der Waals surface area contributed by atoms with Gasteiger partial charge in [0.25, 0.3) is 0 Å². The van der Waals surface area contributed by atoms with Crippen LogP contribution in [0, 0.1) is 11.7 Å². The van der Waals surface area contributed by atoms with Crippen LogP contribution in [0.25, 0.3) is 0 Å². The molecule has 1 atom stereocenters. The number of esters is 2. The van der Waals surface area contributed by atoms with Crippen molar-refractivity contribution < 1.29 is 45.9 Å². The Morgan fingerprint density at radius 3 is 1.92 bits per heavy atom. The lowest BCUT2D eigenvalue weighted by atomic mass is 9.77. The van der Waals surface area contributed by atoms with Crippen molar-refractivity contribution in [3.63, 3.8) is 0 Å². The molecule has 1 heterocycles. The summed E-state index contributed by atoms with van der Waals surface area (Å²) in [5.74, 6) is -3.22. The van der Waals surface area contributed by atoms with E-state index in [4.69, 9.17) is 14.0 Å². The van der Waals surface area contributed by atoms with Crippen LogP contribution < -0.4 is 10.2 Å². The largest absolute Gasteiger partial charge is 0.493 e. The molecule has 0 bridgehead atoms. The Labute approximate surface area is 283 Å². The van der Waals surface area contributed by atoms with E-state index < -0.39 is 49.1 Å². The quantitative estimate of drug-likeness (QED) is 0.0431. The second kappa shape index (κ2) is 21.2. The molecule has 1 aliphatic rings. The molecule has 2 aromatic carbocycles. The van der Waals surface area contributed by atoms with Crippen molar-refractivity contribution >= 4 is 24.5 Å². The first-order chi connectivity index (χ1) is 23.1. The fourth-order valence-electron chi connectivity index (χ4n) is 5.73. The maximum absolute atomic E-state index is 14.7. The molecule has 266 valence electrons. The molecule has 0 saturated carbocycles. The topological polar surface area (TPSA) is 71.1 Å². The molecule has 11 heteroatoms. The monoisotopic (exact) mass is 678 g/mol. The number of rotatable bonds is 21. The van der Waals surface area contributed by atoms with Crippen molar-refractivity contribution in [3.8, 4) is 5.75 Å². The minimum atomic E-state index is -4.77. The standard InChI is InChI=1S/C37H51BF4O6/c1-3-5-7-9-10-11-12-13-14-15-17-28-26-45-38(46-27-28)30-21-19-29(20-22-30)35(43)47-31-23-24-32(33(39)25-31)36(44)48-34(37(40,41)42)18-16-8-6-4-2/h19-25,28,34H,3-18,26-27H2,1-2H3. The van der Waals surface area contributed by atoms with Gasteiger partial charge in [0.15, 0.2) is 6.10 Å². The van der Waals surface area contributed by atoms with E-state index in [9.17, 15) is 27.2 Å². The molecule has 0 radical (unpaired) electrons. The van der Waals surface area contributed by atoms with Crippen molar-refractivity contribution in [2.75, 3.05) is 13.2 Å². The molecule has 0 amide bonds. The molecular weight excluding hydrogens is 627 g/mol. The summed E-state index contributed by atoms with van der Waals surface area (Å²) in [6, 6.07) is 9.31. The summed E-state index contributed by atoms with van der Waals surface area (Å²) < 4.78 is 76.7. The third kappa shape index (κ3) is 13.9. The molecule has 0 aliphatic carbocycles. The molecule has 1 fully saturated rings. The second-order valence-corrected chi connectivity index (χ2v) is 12.8. The maximum atomic E-state index is 14.7. The van der Waals surface area contributed by atoms with Crippen molar-refractivity contribution in [2.24, 2.45) is 5.92 Å². The van der Waals surface area contributed by atoms with Gasteiger partial charge in [-0.15, -0.1) is 0 Å². The lowest BCUT2D eigenvalue weighted by molar-refractivity contribution is -0.206. The molecule has 48 heavy (non-hydrogen) atoms. The molecular formula is C37H51BF4O6. The predicted molar refractivity (Wildman–Crippen MR) is 179 cm³/mol. The Morgan fingerprint density at radius 1 is 0.792 bits per heavy atom. The summed E-state index contributed by atoms with van der Waals surface area (Å²) >= 11 is 0. The number of hydrogen-bond donors (Lipinski definition) is 0. The van der Waals surface area contributed by atoms with Crippen LogP contribution in [-0.4, -0.2) is 44.6 Å². The van der Waals surface area contributed by atoms with Crippen molar-refractivity contribution in [3.05, 3.63) is 59.4 Å². The van der Waals surface area contributed by atoms with Crippen LogP contribution in [-0.2, 0) is 14.0 Å². The third-order valence-corrected chi connectivity index (χ3v) is 8.66. The average Bonchev–Trinajstić information content (AvgIpc) is 3.07. The van der Waals surface area contributed by atoms with Gasteiger partial charge in [0.2, 0.25) is 0 Å². The summed E-state index contributed by atoms with van der Waals surface area (Å²) in [6.07, 6.45) is 8.99. The fourth-order valence-corrected chi connectivity index (χ4v) is 5.73. The van der Waals surface area contributed by atoms with Crippen LogP contribution in [0.5, 0.6) is 5.75 Å². The van der Waals surface area contributed by atoms with Gasteiger partial charge < -0.3 is 18.8 Å². The van der Waals surface area contributed by atoms with E-state index in [0.717, 1.165) is 42.9 Å². The van der Waals surface area contributed by atoms with E-state index in [-0.39, 0.29) is 17.7 Å². The van der Waals surface area contributed by atoms with Gasteiger partial charge in [-0.05, 0) is 49.0 Å². The molecule has 6 nitrogen and oxygen atoms in total. The summed E-state index contributed by atoms with van der Waals surface area (Å²) in [5.41, 5.74) is 0.258. The summed E-state index contributed by atoms with van der Waals surface area (Å²) in [6.45, 7) is 5.38. The predicted octanol–water partition coefficient (Wildman–Crippen LogP) is 9.77. The van der Waals surface area contributed by atoms with Gasteiger partial charge in [-0.3, -0.25) is 0 Å². The number of unbranched alkanes of at least 4 members (excludes halogenated alkanes) is 12. The van der Waals surface area contributed by atoms with Gasteiger partial charge in [-0.25, -0.2) is 14.0 Å². The molecule has 0 spiro atoms. The van der Waals surface area contributed by atoms with E-state index in [1.165, 1.54) is 64.2 Å². The Kier molecular flexibility index (Phi) is 17.5. The maximum Gasteiger partial charge on any atom is 0.493 e. The van der Waals surface area contributed by atoms with Crippen LogP contribution in [0.3, 0.4) is 0 Å². The molecule has 1 unspecified atom stereocenters. The Balaban J connectivity index is 1.40. The number of ether oxygens (including phenoxy) is 2. The van der Waals surface area contributed by atoms with Crippen molar-refractivity contribution in [1.82, 2.24) is 0 Å². The fraction of sp³-hybridized carbons (Fsp3) is 0.622. The number of carbonyl (C=O) groups excluding carboxylic acids is 2. The first-order valence-electron chi connectivity index (χ1n) is 17.7. The van der Waals surface area contributed by atoms with Crippen molar-refractivity contribution in [2.45, 2.75) is 129 Å². The van der Waals surface area contributed by atoms with E-state index in [1.54, 1.807) is 24.3 Å². The number of carbonyl (C=O) groups is 2. The Bertz CT molecular complexity index is 1230. The minimum Gasteiger partial charge on any atom is -0.449 e.